The van der Waals surface area contributed by atoms with E-state index in [1.807, 2.05) is 44.2 Å². The van der Waals surface area contributed by atoms with Gasteiger partial charge in [0.25, 0.3) is 5.91 Å². The van der Waals surface area contributed by atoms with Gasteiger partial charge < -0.3 is 9.73 Å². The topological polar surface area (TPSA) is 85.3 Å². The lowest BCUT2D eigenvalue weighted by molar-refractivity contribution is 0.0946. The number of aromatic nitrogens is 4. The third-order valence-electron chi connectivity index (χ3n) is 3.83. The molecule has 7 nitrogen and oxygen atoms in total. The average molecular weight is 353 g/mol. The van der Waals surface area contributed by atoms with Gasteiger partial charge in [0, 0.05) is 5.56 Å². The van der Waals surface area contributed by atoms with E-state index >= 15 is 0 Å². The van der Waals surface area contributed by atoms with E-state index in [0.717, 1.165) is 26.9 Å². The molecule has 1 amide bonds. The minimum atomic E-state index is -0.297. The van der Waals surface area contributed by atoms with Gasteiger partial charge in [-0.15, -0.1) is 0 Å². The van der Waals surface area contributed by atoms with Crippen LogP contribution >= 0.6 is 11.3 Å². The minimum absolute atomic E-state index is 0.263. The molecule has 0 spiro atoms. The van der Waals surface area contributed by atoms with Crippen LogP contribution in [0.15, 0.2) is 41.1 Å². The molecule has 4 aromatic rings. The van der Waals surface area contributed by atoms with Crippen molar-refractivity contribution in [3.63, 3.8) is 0 Å². The first kappa shape index (κ1) is 15.5. The number of rotatable bonds is 4. The summed E-state index contributed by atoms with van der Waals surface area (Å²) in [6.07, 6.45) is 1.28. The first-order chi connectivity index (χ1) is 12.1. The van der Waals surface area contributed by atoms with E-state index in [9.17, 15) is 4.79 Å². The van der Waals surface area contributed by atoms with Crippen molar-refractivity contribution in [1.82, 2.24) is 24.9 Å². The van der Waals surface area contributed by atoms with E-state index in [1.165, 1.54) is 17.7 Å². The largest absolute Gasteiger partial charge is 0.443 e. The number of benzene rings is 1. The van der Waals surface area contributed by atoms with Crippen LogP contribution in [0, 0.1) is 13.8 Å². The lowest BCUT2D eigenvalue weighted by atomic mass is 10.1. The minimum Gasteiger partial charge on any atom is -0.443 e. The first-order valence-corrected chi connectivity index (χ1v) is 8.54. The number of hydrogen-bond acceptors (Lipinski definition) is 6. The molecule has 0 aliphatic carbocycles. The van der Waals surface area contributed by atoms with Crippen molar-refractivity contribution in [3.8, 4) is 11.3 Å². The van der Waals surface area contributed by atoms with Crippen molar-refractivity contribution in [2.45, 2.75) is 20.4 Å². The Kier molecular flexibility index (Phi) is 3.81. The van der Waals surface area contributed by atoms with Crippen LogP contribution in [0.1, 0.15) is 26.9 Å². The van der Waals surface area contributed by atoms with E-state index in [-0.39, 0.29) is 11.6 Å². The highest BCUT2D eigenvalue weighted by Crippen LogP contribution is 2.23. The highest BCUT2D eigenvalue weighted by atomic mass is 32.1. The van der Waals surface area contributed by atoms with Gasteiger partial charge in [0.05, 0.1) is 17.9 Å². The molecule has 4 rings (SSSR count). The van der Waals surface area contributed by atoms with E-state index in [0.29, 0.717) is 12.3 Å². The van der Waals surface area contributed by atoms with Gasteiger partial charge in [-0.05, 0) is 13.8 Å². The van der Waals surface area contributed by atoms with Crippen molar-refractivity contribution in [3.05, 3.63) is 58.8 Å². The summed E-state index contributed by atoms with van der Waals surface area (Å²) >= 11 is 1.52. The molecule has 0 fully saturated rings. The summed E-state index contributed by atoms with van der Waals surface area (Å²) in [6.45, 7) is 4.15. The summed E-state index contributed by atoms with van der Waals surface area (Å²) in [5.74, 6) is 0.159. The van der Waals surface area contributed by atoms with E-state index in [4.69, 9.17) is 4.42 Å². The maximum atomic E-state index is 12.6. The molecule has 0 saturated heterocycles. The summed E-state index contributed by atoms with van der Waals surface area (Å²) in [7, 11) is 0. The lowest BCUT2D eigenvalue weighted by Gasteiger charge is -2.05. The summed E-state index contributed by atoms with van der Waals surface area (Å²) in [6, 6.07) is 9.43. The maximum Gasteiger partial charge on any atom is 0.274 e. The maximum absolute atomic E-state index is 12.6. The number of carbonyl (C=O) groups excluding carboxylic acids is 1. The summed E-state index contributed by atoms with van der Waals surface area (Å²) in [5.41, 5.74) is 2.78. The molecule has 1 N–H and O–H groups in total. The molecule has 8 heteroatoms. The molecule has 3 heterocycles. The van der Waals surface area contributed by atoms with Crippen LogP contribution in [0.5, 0.6) is 0 Å². The highest BCUT2D eigenvalue weighted by Gasteiger charge is 2.19. The number of nitrogens with one attached hydrogen (secondary N) is 1. The highest BCUT2D eigenvalue weighted by molar-refractivity contribution is 7.16. The second-order valence-corrected chi connectivity index (χ2v) is 6.70. The summed E-state index contributed by atoms with van der Waals surface area (Å²) in [5, 5.41) is 8.24. The predicted molar refractivity (Wildman–Crippen MR) is 93.4 cm³/mol. The van der Waals surface area contributed by atoms with Crippen molar-refractivity contribution in [1.29, 1.82) is 0 Å². The van der Waals surface area contributed by atoms with Crippen LogP contribution in [0.25, 0.3) is 16.3 Å². The van der Waals surface area contributed by atoms with Crippen LogP contribution in [-0.2, 0) is 6.54 Å². The third-order valence-corrected chi connectivity index (χ3v) is 4.66. The number of amides is 1. The Morgan fingerprint density at radius 2 is 2.08 bits per heavy atom. The normalized spacial score (nSPS) is 11.1. The summed E-state index contributed by atoms with van der Waals surface area (Å²) < 4.78 is 7.18. The molecule has 0 atom stereocenters. The zero-order chi connectivity index (χ0) is 17.4. The molecule has 0 unspecified atom stereocenters. The molecular weight excluding hydrogens is 338 g/mol. The smallest absolute Gasteiger partial charge is 0.274 e. The fourth-order valence-corrected chi connectivity index (χ4v) is 3.45. The predicted octanol–water partition coefficient (Wildman–Crippen LogP) is 2.99. The molecule has 25 heavy (non-hydrogen) atoms. The molecule has 0 aliphatic heterocycles. The van der Waals surface area contributed by atoms with E-state index < -0.39 is 0 Å². The van der Waals surface area contributed by atoms with Crippen LogP contribution in [-0.4, -0.2) is 25.5 Å². The van der Waals surface area contributed by atoms with Gasteiger partial charge in [0.2, 0.25) is 4.96 Å². The molecule has 3 aromatic heterocycles. The molecular formula is C17H15N5O2S. The number of hydrogen-bond donors (Lipinski definition) is 1. The van der Waals surface area contributed by atoms with E-state index in [2.05, 4.69) is 20.4 Å². The van der Waals surface area contributed by atoms with Crippen molar-refractivity contribution in [2.24, 2.45) is 0 Å². The number of aryl methyl sites for hydroxylation is 2. The second-order valence-electron chi connectivity index (χ2n) is 5.54. The van der Waals surface area contributed by atoms with Crippen LogP contribution in [0.4, 0.5) is 0 Å². The Bertz CT molecular complexity index is 1050. The van der Waals surface area contributed by atoms with Crippen LogP contribution in [0.3, 0.4) is 0 Å². The molecule has 0 radical (unpaired) electrons. The fraction of sp³-hybridized carbons (Fsp3) is 0.176. The number of nitrogens with zero attached hydrogens (tertiary/aromatic N) is 4. The molecule has 1 aromatic carbocycles. The van der Waals surface area contributed by atoms with E-state index in [1.54, 1.807) is 4.52 Å². The Morgan fingerprint density at radius 1 is 1.28 bits per heavy atom. The average Bonchev–Trinajstić information content (AvgIpc) is 3.28. The monoisotopic (exact) mass is 353 g/mol. The SMILES string of the molecule is Cc1nn2c(CNC(=O)c3ncoc3-c3ccccc3)c(C)nc2s1. The van der Waals surface area contributed by atoms with Gasteiger partial charge in [0.15, 0.2) is 17.8 Å². The van der Waals surface area contributed by atoms with Gasteiger partial charge >= 0.3 is 0 Å². The third kappa shape index (κ3) is 2.80. The van der Waals surface area contributed by atoms with Gasteiger partial charge in [-0.3, -0.25) is 4.79 Å². The molecule has 126 valence electrons. The standard InChI is InChI=1S/C17H15N5O2S/c1-10-13(22-17(20-10)25-11(2)21-22)8-18-16(23)14-15(24-9-19-14)12-6-4-3-5-7-12/h3-7,9H,8H2,1-2H3,(H,18,23). The quantitative estimate of drug-likeness (QED) is 0.609. The van der Waals surface area contributed by atoms with Crippen LogP contribution in [0.2, 0.25) is 0 Å². The Labute approximate surface area is 147 Å². The number of fused-ring (bicyclic) bond motifs is 1. The van der Waals surface area contributed by atoms with Crippen molar-refractivity contribution < 1.29 is 9.21 Å². The first-order valence-electron chi connectivity index (χ1n) is 7.72. The Balaban J connectivity index is 1.57. The molecule has 0 aliphatic rings. The van der Waals surface area contributed by atoms with Gasteiger partial charge in [0.1, 0.15) is 5.01 Å². The van der Waals surface area contributed by atoms with Gasteiger partial charge in [-0.1, -0.05) is 41.7 Å². The number of imidazole rings is 1. The van der Waals surface area contributed by atoms with Gasteiger partial charge in [-0.25, -0.2) is 14.5 Å². The zero-order valence-corrected chi connectivity index (χ0v) is 14.5. The number of carbonyl (C=O) groups is 1. The van der Waals surface area contributed by atoms with Crippen molar-refractivity contribution >= 4 is 22.2 Å². The Morgan fingerprint density at radius 3 is 2.88 bits per heavy atom. The molecule has 0 saturated carbocycles. The lowest BCUT2D eigenvalue weighted by Crippen LogP contribution is -2.25. The number of oxazole rings is 1. The summed E-state index contributed by atoms with van der Waals surface area (Å²) in [4.78, 5) is 21.9. The van der Waals surface area contributed by atoms with Gasteiger partial charge in [-0.2, -0.15) is 5.10 Å². The second kappa shape index (κ2) is 6.14. The fourth-order valence-electron chi connectivity index (χ4n) is 2.64. The zero-order valence-electron chi connectivity index (χ0n) is 13.7. The molecule has 0 bridgehead atoms. The van der Waals surface area contributed by atoms with Crippen molar-refractivity contribution in [2.75, 3.05) is 0 Å². The Hall–Kier alpha value is -3.00. The van der Waals surface area contributed by atoms with Crippen LogP contribution < -0.4 is 5.32 Å².